The fourth-order valence-corrected chi connectivity index (χ4v) is 5.22. The molecule has 2 aliphatic rings. The van der Waals surface area contributed by atoms with E-state index in [4.69, 9.17) is 4.52 Å². The predicted octanol–water partition coefficient (Wildman–Crippen LogP) is 1.48. The number of sulfonamides is 1. The quantitative estimate of drug-likeness (QED) is 0.595. The Hall–Kier alpha value is -1.52. The van der Waals surface area contributed by atoms with Crippen LogP contribution in [0.4, 0.5) is 0 Å². The monoisotopic (exact) mass is 427 g/mol. The first-order valence-corrected chi connectivity index (χ1v) is 12.6. The average Bonchev–Trinajstić information content (AvgIpc) is 3.28. The zero-order valence-electron chi connectivity index (χ0n) is 17.3. The molecule has 2 aliphatic heterocycles. The SMILES string of the molecule is CS(=O)(=O)N1CCCC1c1noc(CCC(=O)NCCCN2CCCCCC2)n1. The van der Waals surface area contributed by atoms with Crippen molar-refractivity contribution in [3.05, 3.63) is 11.7 Å². The molecule has 164 valence electrons. The summed E-state index contributed by atoms with van der Waals surface area (Å²) >= 11 is 0. The zero-order valence-corrected chi connectivity index (χ0v) is 18.1. The van der Waals surface area contributed by atoms with Gasteiger partial charge in [-0.25, -0.2) is 8.42 Å². The van der Waals surface area contributed by atoms with Crippen LogP contribution in [0, 0.1) is 0 Å². The first-order valence-electron chi connectivity index (χ1n) is 10.7. The van der Waals surface area contributed by atoms with Crippen molar-refractivity contribution in [2.24, 2.45) is 0 Å². The third-order valence-corrected chi connectivity index (χ3v) is 6.94. The number of aryl methyl sites for hydroxylation is 1. The van der Waals surface area contributed by atoms with Crippen LogP contribution in [-0.4, -0.2) is 72.7 Å². The van der Waals surface area contributed by atoms with Crippen molar-refractivity contribution in [3.8, 4) is 0 Å². The van der Waals surface area contributed by atoms with Crippen molar-refractivity contribution < 1.29 is 17.7 Å². The normalized spacial score (nSPS) is 21.9. The molecule has 0 aromatic carbocycles. The Kier molecular flexibility index (Phi) is 8.02. The minimum absolute atomic E-state index is 0.0285. The van der Waals surface area contributed by atoms with Gasteiger partial charge in [-0.05, 0) is 51.7 Å². The number of aromatic nitrogens is 2. The molecule has 1 aromatic rings. The molecule has 3 rings (SSSR count). The van der Waals surface area contributed by atoms with Gasteiger partial charge in [-0.2, -0.15) is 9.29 Å². The maximum atomic E-state index is 12.1. The molecule has 0 spiro atoms. The fraction of sp³-hybridized carbons (Fsp3) is 0.842. The Morgan fingerprint density at radius 1 is 1.17 bits per heavy atom. The number of hydrogen-bond donors (Lipinski definition) is 1. The Balaban J connectivity index is 1.36. The molecule has 3 heterocycles. The minimum atomic E-state index is -3.30. The Labute approximate surface area is 173 Å². The molecule has 1 unspecified atom stereocenters. The molecule has 2 saturated heterocycles. The van der Waals surface area contributed by atoms with Crippen molar-refractivity contribution in [2.75, 3.05) is 39.0 Å². The number of rotatable bonds is 9. The topological polar surface area (TPSA) is 109 Å². The van der Waals surface area contributed by atoms with E-state index in [0.29, 0.717) is 37.6 Å². The lowest BCUT2D eigenvalue weighted by molar-refractivity contribution is -0.121. The first-order chi connectivity index (χ1) is 13.9. The molecule has 9 nitrogen and oxygen atoms in total. The highest BCUT2D eigenvalue weighted by Gasteiger charge is 2.35. The van der Waals surface area contributed by atoms with Crippen LogP contribution in [0.3, 0.4) is 0 Å². The largest absolute Gasteiger partial charge is 0.356 e. The molecular formula is C19H33N5O4S. The third-order valence-electron chi connectivity index (χ3n) is 5.65. The van der Waals surface area contributed by atoms with Crippen LogP contribution in [0.25, 0.3) is 0 Å². The second-order valence-corrected chi connectivity index (χ2v) is 9.97. The number of nitrogens with one attached hydrogen (secondary N) is 1. The van der Waals surface area contributed by atoms with E-state index in [0.717, 1.165) is 19.4 Å². The van der Waals surface area contributed by atoms with Gasteiger partial charge in [0.25, 0.3) is 0 Å². The van der Waals surface area contributed by atoms with Gasteiger partial charge in [0.2, 0.25) is 21.8 Å². The van der Waals surface area contributed by atoms with Crippen LogP contribution >= 0.6 is 0 Å². The van der Waals surface area contributed by atoms with Gasteiger partial charge in [-0.3, -0.25) is 4.79 Å². The van der Waals surface area contributed by atoms with E-state index >= 15 is 0 Å². The van der Waals surface area contributed by atoms with Crippen molar-refractivity contribution in [3.63, 3.8) is 0 Å². The molecule has 1 atom stereocenters. The fourth-order valence-electron chi connectivity index (χ4n) is 4.10. The predicted molar refractivity (Wildman–Crippen MR) is 109 cm³/mol. The Morgan fingerprint density at radius 2 is 1.93 bits per heavy atom. The van der Waals surface area contributed by atoms with Crippen LogP contribution in [0.2, 0.25) is 0 Å². The number of carbonyl (C=O) groups is 1. The summed E-state index contributed by atoms with van der Waals surface area (Å²) in [5.74, 6) is 0.736. The lowest BCUT2D eigenvalue weighted by Crippen LogP contribution is -2.30. The highest BCUT2D eigenvalue weighted by molar-refractivity contribution is 7.88. The molecule has 0 bridgehead atoms. The zero-order chi connectivity index (χ0) is 20.7. The van der Waals surface area contributed by atoms with Gasteiger partial charge in [0.15, 0.2) is 5.82 Å². The lowest BCUT2D eigenvalue weighted by Gasteiger charge is -2.19. The summed E-state index contributed by atoms with van der Waals surface area (Å²) in [6.45, 7) is 4.53. The first kappa shape index (κ1) is 22.2. The Morgan fingerprint density at radius 3 is 2.66 bits per heavy atom. The molecule has 29 heavy (non-hydrogen) atoms. The van der Waals surface area contributed by atoms with Gasteiger partial charge in [0.1, 0.15) is 0 Å². The van der Waals surface area contributed by atoms with Crippen LogP contribution in [-0.2, 0) is 21.2 Å². The number of hydrogen-bond acceptors (Lipinski definition) is 7. The summed E-state index contributed by atoms with van der Waals surface area (Å²) < 4.78 is 30.4. The van der Waals surface area contributed by atoms with Crippen LogP contribution in [0.5, 0.6) is 0 Å². The molecule has 0 radical (unpaired) electrons. The molecule has 1 amide bonds. The number of nitrogens with zero attached hydrogens (tertiary/aromatic N) is 4. The summed E-state index contributed by atoms with van der Waals surface area (Å²) in [5.41, 5.74) is 0. The lowest BCUT2D eigenvalue weighted by atomic mass is 10.2. The molecular weight excluding hydrogens is 394 g/mol. The summed E-state index contributed by atoms with van der Waals surface area (Å²) in [6, 6.07) is -0.365. The minimum Gasteiger partial charge on any atom is -0.356 e. The molecule has 1 N–H and O–H groups in total. The van der Waals surface area contributed by atoms with Crippen LogP contribution in [0.1, 0.15) is 69.1 Å². The number of carbonyl (C=O) groups excluding carboxylic acids is 1. The molecule has 2 fully saturated rings. The van der Waals surface area contributed by atoms with E-state index in [1.807, 2.05) is 0 Å². The highest BCUT2D eigenvalue weighted by Crippen LogP contribution is 2.32. The van der Waals surface area contributed by atoms with Gasteiger partial charge in [0, 0.05) is 25.9 Å². The Bertz CT molecular complexity index is 758. The summed E-state index contributed by atoms with van der Waals surface area (Å²) in [6.07, 6.45) is 9.48. The maximum Gasteiger partial charge on any atom is 0.227 e. The van der Waals surface area contributed by atoms with Gasteiger partial charge in [0.05, 0.1) is 12.3 Å². The smallest absolute Gasteiger partial charge is 0.227 e. The number of amides is 1. The van der Waals surface area contributed by atoms with Crippen LogP contribution in [0.15, 0.2) is 4.52 Å². The van der Waals surface area contributed by atoms with E-state index in [1.54, 1.807) is 0 Å². The third kappa shape index (κ3) is 6.75. The molecule has 0 saturated carbocycles. The number of likely N-dealkylation sites (tertiary alicyclic amines) is 1. The maximum absolute atomic E-state index is 12.1. The van der Waals surface area contributed by atoms with Gasteiger partial charge in [-0.1, -0.05) is 18.0 Å². The highest BCUT2D eigenvalue weighted by atomic mass is 32.2. The molecule has 1 aromatic heterocycles. The van der Waals surface area contributed by atoms with E-state index in [2.05, 4.69) is 20.4 Å². The van der Waals surface area contributed by atoms with Crippen molar-refractivity contribution in [1.82, 2.24) is 24.7 Å². The second-order valence-electron chi connectivity index (χ2n) is 8.04. The van der Waals surface area contributed by atoms with Gasteiger partial charge in [-0.15, -0.1) is 0 Å². The standard InChI is InChI=1S/C19H33N5O4S/c1-29(26,27)24-15-6-8-16(24)19-21-18(28-22-19)10-9-17(25)20-11-7-14-23-12-4-2-3-5-13-23/h16H,2-15H2,1H3,(H,20,25). The summed E-state index contributed by atoms with van der Waals surface area (Å²) in [5, 5.41) is 6.90. The van der Waals surface area contributed by atoms with Crippen molar-refractivity contribution in [2.45, 2.75) is 63.8 Å². The van der Waals surface area contributed by atoms with Gasteiger partial charge < -0.3 is 14.7 Å². The molecule has 10 heteroatoms. The van der Waals surface area contributed by atoms with Crippen molar-refractivity contribution >= 4 is 15.9 Å². The van der Waals surface area contributed by atoms with E-state index in [-0.39, 0.29) is 18.4 Å². The van der Waals surface area contributed by atoms with E-state index < -0.39 is 10.0 Å². The second kappa shape index (κ2) is 10.5. The van der Waals surface area contributed by atoms with E-state index in [1.165, 1.54) is 49.3 Å². The molecule has 0 aliphatic carbocycles. The van der Waals surface area contributed by atoms with Crippen LogP contribution < -0.4 is 5.32 Å². The van der Waals surface area contributed by atoms with Crippen molar-refractivity contribution in [1.29, 1.82) is 0 Å². The van der Waals surface area contributed by atoms with E-state index in [9.17, 15) is 13.2 Å². The van der Waals surface area contributed by atoms with Gasteiger partial charge >= 0.3 is 0 Å². The average molecular weight is 428 g/mol. The summed E-state index contributed by atoms with van der Waals surface area (Å²) in [7, 11) is -3.30. The summed E-state index contributed by atoms with van der Waals surface area (Å²) in [4.78, 5) is 18.9.